The van der Waals surface area contributed by atoms with Crippen molar-refractivity contribution in [3.05, 3.63) is 28.2 Å². The number of nitrogens with one attached hydrogen (secondary N) is 1. The number of hydrogen-bond donors (Lipinski definition) is 1. The maximum atomic E-state index is 11.9. The highest BCUT2D eigenvalue weighted by Gasteiger charge is 2.27. The van der Waals surface area contributed by atoms with Crippen LogP contribution < -0.4 is 5.32 Å². The second kappa shape index (κ2) is 5.53. The van der Waals surface area contributed by atoms with Crippen LogP contribution >= 0.6 is 15.9 Å². The minimum Gasteiger partial charge on any atom is -0.325 e. The third kappa shape index (κ3) is 5.21. The largest absolute Gasteiger partial charge is 0.389 e. The van der Waals surface area contributed by atoms with Crippen LogP contribution in [0.25, 0.3) is 0 Å². The van der Waals surface area contributed by atoms with Gasteiger partial charge in [-0.15, -0.1) is 0 Å². The Kier molecular flexibility index (Phi) is 4.56. The van der Waals surface area contributed by atoms with Crippen molar-refractivity contribution in [2.45, 2.75) is 25.9 Å². The van der Waals surface area contributed by atoms with Crippen molar-refractivity contribution in [2.24, 2.45) is 0 Å². The van der Waals surface area contributed by atoms with Crippen LogP contribution in [0.2, 0.25) is 0 Å². The van der Waals surface area contributed by atoms with E-state index in [1.54, 1.807) is 18.2 Å². The highest BCUT2D eigenvalue weighted by molar-refractivity contribution is 9.10. The summed E-state index contributed by atoms with van der Waals surface area (Å²) in [6, 6.07) is 5.19. The SMILES string of the molecule is Cc1ccc(NC(=O)CCC(F)(F)F)c(Br)c1. The molecule has 0 bridgehead atoms. The molecule has 1 rings (SSSR count). The summed E-state index contributed by atoms with van der Waals surface area (Å²) in [6.45, 7) is 1.88. The number of amides is 1. The number of halogens is 4. The molecule has 0 aliphatic carbocycles. The molecule has 0 aromatic heterocycles. The third-order valence-corrected chi connectivity index (χ3v) is 2.69. The molecule has 1 aromatic rings. The number of carbonyl (C=O) groups excluding carboxylic acids is 1. The Morgan fingerprint density at radius 3 is 2.59 bits per heavy atom. The maximum Gasteiger partial charge on any atom is 0.389 e. The van der Waals surface area contributed by atoms with E-state index in [2.05, 4.69) is 21.2 Å². The van der Waals surface area contributed by atoms with Gasteiger partial charge in [-0.2, -0.15) is 13.2 Å². The fourth-order valence-electron chi connectivity index (χ4n) is 1.19. The molecule has 1 N–H and O–H groups in total. The smallest absolute Gasteiger partial charge is 0.325 e. The molecule has 1 amide bonds. The fraction of sp³-hybridized carbons (Fsp3) is 0.364. The average Bonchev–Trinajstić information content (AvgIpc) is 2.18. The summed E-state index contributed by atoms with van der Waals surface area (Å²) < 4.78 is 36.3. The van der Waals surface area contributed by atoms with Gasteiger partial charge in [-0.25, -0.2) is 0 Å². The lowest BCUT2D eigenvalue weighted by Gasteiger charge is -2.09. The van der Waals surface area contributed by atoms with E-state index in [0.717, 1.165) is 5.56 Å². The molecule has 17 heavy (non-hydrogen) atoms. The second-order valence-electron chi connectivity index (χ2n) is 3.65. The van der Waals surface area contributed by atoms with E-state index in [4.69, 9.17) is 0 Å². The number of benzene rings is 1. The fourth-order valence-corrected chi connectivity index (χ4v) is 1.78. The van der Waals surface area contributed by atoms with Crippen LogP contribution in [0.4, 0.5) is 18.9 Å². The maximum absolute atomic E-state index is 11.9. The molecule has 1 aromatic carbocycles. The molecule has 0 saturated heterocycles. The molecular formula is C11H11BrF3NO. The number of alkyl halides is 3. The number of anilines is 1. The highest BCUT2D eigenvalue weighted by Crippen LogP contribution is 2.25. The van der Waals surface area contributed by atoms with Crippen LogP contribution in [-0.4, -0.2) is 12.1 Å². The lowest BCUT2D eigenvalue weighted by molar-refractivity contribution is -0.142. The summed E-state index contributed by atoms with van der Waals surface area (Å²) in [5, 5.41) is 2.42. The van der Waals surface area contributed by atoms with Crippen molar-refractivity contribution in [2.75, 3.05) is 5.32 Å². The predicted molar refractivity (Wildman–Crippen MR) is 62.8 cm³/mol. The molecule has 0 radical (unpaired) electrons. The summed E-state index contributed by atoms with van der Waals surface area (Å²) in [7, 11) is 0. The van der Waals surface area contributed by atoms with Gasteiger partial charge in [0.05, 0.1) is 12.1 Å². The van der Waals surface area contributed by atoms with Crippen LogP contribution in [-0.2, 0) is 4.79 Å². The Hall–Kier alpha value is -1.04. The van der Waals surface area contributed by atoms with Gasteiger partial charge in [0.2, 0.25) is 5.91 Å². The molecule has 94 valence electrons. The standard InChI is InChI=1S/C11H11BrF3NO/c1-7-2-3-9(8(12)6-7)16-10(17)4-5-11(13,14)15/h2-3,6H,4-5H2,1H3,(H,16,17). The van der Waals surface area contributed by atoms with Gasteiger partial charge in [-0.05, 0) is 40.5 Å². The van der Waals surface area contributed by atoms with Gasteiger partial charge in [0.25, 0.3) is 0 Å². The molecule has 0 spiro atoms. The van der Waals surface area contributed by atoms with Gasteiger partial charge >= 0.3 is 6.18 Å². The van der Waals surface area contributed by atoms with Crippen LogP contribution in [0.15, 0.2) is 22.7 Å². The van der Waals surface area contributed by atoms with E-state index in [1.807, 2.05) is 6.92 Å². The number of aryl methyl sites for hydroxylation is 1. The van der Waals surface area contributed by atoms with Crippen molar-refractivity contribution in [3.8, 4) is 0 Å². The first-order valence-corrected chi connectivity index (χ1v) is 5.70. The van der Waals surface area contributed by atoms with Gasteiger partial charge in [0, 0.05) is 10.9 Å². The van der Waals surface area contributed by atoms with E-state index >= 15 is 0 Å². The zero-order valence-corrected chi connectivity index (χ0v) is 10.7. The Morgan fingerprint density at radius 2 is 2.06 bits per heavy atom. The molecule has 0 aliphatic rings. The van der Waals surface area contributed by atoms with Gasteiger partial charge in [-0.3, -0.25) is 4.79 Å². The first kappa shape index (κ1) is 14.0. The quantitative estimate of drug-likeness (QED) is 0.897. The molecule has 0 unspecified atom stereocenters. The Morgan fingerprint density at radius 1 is 1.41 bits per heavy atom. The predicted octanol–water partition coefficient (Wildman–Crippen LogP) is 4.04. The van der Waals surface area contributed by atoms with Crippen molar-refractivity contribution < 1.29 is 18.0 Å². The molecule has 6 heteroatoms. The van der Waals surface area contributed by atoms with Gasteiger partial charge in [0.15, 0.2) is 0 Å². The van der Waals surface area contributed by atoms with Crippen LogP contribution in [0.1, 0.15) is 18.4 Å². The third-order valence-electron chi connectivity index (χ3n) is 2.03. The van der Waals surface area contributed by atoms with Gasteiger partial charge in [-0.1, -0.05) is 6.07 Å². The van der Waals surface area contributed by atoms with Crippen LogP contribution in [0, 0.1) is 6.92 Å². The highest BCUT2D eigenvalue weighted by atomic mass is 79.9. The summed E-state index contributed by atoms with van der Waals surface area (Å²) in [4.78, 5) is 11.3. The van der Waals surface area contributed by atoms with Crippen molar-refractivity contribution in [1.82, 2.24) is 0 Å². The summed E-state index contributed by atoms with van der Waals surface area (Å²) in [5.74, 6) is -0.646. The minimum atomic E-state index is -4.30. The molecular weight excluding hydrogens is 299 g/mol. The van der Waals surface area contributed by atoms with Crippen LogP contribution in [0.5, 0.6) is 0 Å². The molecule has 0 heterocycles. The van der Waals surface area contributed by atoms with Gasteiger partial charge < -0.3 is 5.32 Å². The summed E-state index contributed by atoms with van der Waals surface area (Å²) >= 11 is 3.23. The molecule has 0 atom stereocenters. The lowest BCUT2D eigenvalue weighted by atomic mass is 10.2. The van der Waals surface area contributed by atoms with E-state index in [1.165, 1.54) is 0 Å². The molecule has 0 aliphatic heterocycles. The Labute approximate surface area is 105 Å². The summed E-state index contributed by atoms with van der Waals surface area (Å²) in [5.41, 5.74) is 1.47. The lowest BCUT2D eigenvalue weighted by Crippen LogP contribution is -2.16. The zero-order chi connectivity index (χ0) is 13.1. The first-order valence-electron chi connectivity index (χ1n) is 4.91. The average molecular weight is 310 g/mol. The topological polar surface area (TPSA) is 29.1 Å². The van der Waals surface area contributed by atoms with E-state index in [9.17, 15) is 18.0 Å². The Bertz CT molecular complexity index is 418. The first-order chi connectivity index (χ1) is 7.78. The monoisotopic (exact) mass is 309 g/mol. The van der Waals surface area contributed by atoms with E-state index < -0.39 is 24.9 Å². The van der Waals surface area contributed by atoms with Crippen molar-refractivity contribution >= 4 is 27.5 Å². The number of hydrogen-bond acceptors (Lipinski definition) is 1. The van der Waals surface area contributed by atoms with Crippen molar-refractivity contribution in [3.63, 3.8) is 0 Å². The van der Waals surface area contributed by atoms with Gasteiger partial charge in [0.1, 0.15) is 0 Å². The minimum absolute atomic E-state index is 0.475. The van der Waals surface area contributed by atoms with E-state index in [0.29, 0.717) is 10.2 Å². The number of carbonyl (C=O) groups is 1. The van der Waals surface area contributed by atoms with Crippen molar-refractivity contribution in [1.29, 1.82) is 0 Å². The Balaban J connectivity index is 2.57. The summed E-state index contributed by atoms with van der Waals surface area (Å²) in [6.07, 6.45) is -5.98. The zero-order valence-electron chi connectivity index (χ0n) is 9.07. The molecule has 2 nitrogen and oxygen atoms in total. The second-order valence-corrected chi connectivity index (χ2v) is 4.50. The normalized spacial score (nSPS) is 11.4. The number of rotatable bonds is 3. The molecule has 0 fully saturated rings. The van der Waals surface area contributed by atoms with Crippen LogP contribution in [0.3, 0.4) is 0 Å². The van der Waals surface area contributed by atoms with E-state index in [-0.39, 0.29) is 0 Å². The molecule has 0 saturated carbocycles.